The zero-order chi connectivity index (χ0) is 19.8. The van der Waals surface area contributed by atoms with Crippen LogP contribution in [0.3, 0.4) is 0 Å². The van der Waals surface area contributed by atoms with Crippen LogP contribution in [-0.2, 0) is 11.0 Å². The summed E-state index contributed by atoms with van der Waals surface area (Å²) in [6, 6.07) is 6.97. The van der Waals surface area contributed by atoms with E-state index in [0.717, 1.165) is 18.2 Å². The van der Waals surface area contributed by atoms with Crippen molar-refractivity contribution >= 4 is 17.3 Å². The number of carbonyl (C=O) groups is 1. The Morgan fingerprint density at radius 1 is 1.11 bits per heavy atom. The van der Waals surface area contributed by atoms with Gasteiger partial charge in [-0.2, -0.15) is 13.2 Å². The monoisotopic (exact) mass is 382 g/mol. The number of carbonyl (C=O) groups excluding carboxylic acids is 1. The number of alkyl halides is 3. The Bertz CT molecular complexity index is 890. The van der Waals surface area contributed by atoms with Crippen LogP contribution in [-0.4, -0.2) is 17.7 Å². The summed E-state index contributed by atoms with van der Waals surface area (Å²) in [5, 5.41) is 2.31. The van der Waals surface area contributed by atoms with Crippen molar-refractivity contribution in [1.82, 2.24) is 0 Å². The van der Waals surface area contributed by atoms with E-state index in [9.17, 15) is 26.7 Å². The third-order valence-corrected chi connectivity index (χ3v) is 4.40. The maximum Gasteiger partial charge on any atom is 0.416 e. The van der Waals surface area contributed by atoms with Crippen LogP contribution in [0.4, 0.5) is 27.6 Å². The molecule has 2 atom stereocenters. The second-order valence-corrected chi connectivity index (χ2v) is 6.33. The number of hydrogen-bond acceptors (Lipinski definition) is 2. The van der Waals surface area contributed by atoms with Gasteiger partial charge in [-0.1, -0.05) is 18.2 Å². The van der Waals surface area contributed by atoms with Crippen molar-refractivity contribution in [2.45, 2.75) is 31.5 Å². The molecule has 0 bridgehead atoms. The number of nitrogens with one attached hydrogen (secondary N) is 1. The molecule has 2 aromatic carbocycles. The molecule has 0 fully saturated rings. The van der Waals surface area contributed by atoms with E-state index >= 15 is 0 Å². The van der Waals surface area contributed by atoms with Gasteiger partial charge in [0.05, 0.1) is 11.3 Å². The molecule has 1 amide bonds. The Morgan fingerprint density at radius 2 is 1.78 bits per heavy atom. The van der Waals surface area contributed by atoms with Crippen LogP contribution in [0.2, 0.25) is 0 Å². The first-order valence-electron chi connectivity index (χ1n) is 8.12. The summed E-state index contributed by atoms with van der Waals surface area (Å²) in [5.74, 6) is -3.42. The van der Waals surface area contributed by atoms with Crippen molar-refractivity contribution in [1.29, 1.82) is 0 Å². The number of anilines is 1. The van der Waals surface area contributed by atoms with E-state index in [4.69, 9.17) is 0 Å². The maximum absolute atomic E-state index is 13.8. The van der Waals surface area contributed by atoms with Crippen LogP contribution in [0.25, 0.3) is 0 Å². The van der Waals surface area contributed by atoms with Crippen LogP contribution in [0.1, 0.15) is 30.4 Å². The van der Waals surface area contributed by atoms with E-state index in [1.54, 1.807) is 6.92 Å². The number of halogens is 5. The summed E-state index contributed by atoms with van der Waals surface area (Å²) in [7, 11) is 0. The number of hydrogen-bond donors (Lipinski definition) is 1. The molecule has 2 unspecified atom stereocenters. The van der Waals surface area contributed by atoms with Gasteiger partial charge in [-0.05, 0) is 43.2 Å². The average Bonchev–Trinajstić information content (AvgIpc) is 3.00. The zero-order valence-corrected chi connectivity index (χ0v) is 14.1. The fraction of sp³-hybridized carbons (Fsp3) is 0.263. The van der Waals surface area contributed by atoms with Crippen LogP contribution < -0.4 is 5.32 Å². The molecule has 0 saturated heterocycles. The second-order valence-electron chi connectivity index (χ2n) is 6.33. The van der Waals surface area contributed by atoms with Gasteiger partial charge in [0, 0.05) is 11.6 Å². The lowest BCUT2D eigenvalue weighted by molar-refractivity contribution is -0.137. The van der Waals surface area contributed by atoms with Crippen molar-refractivity contribution in [3.05, 3.63) is 65.2 Å². The molecule has 0 aromatic heterocycles. The topological polar surface area (TPSA) is 41.5 Å². The van der Waals surface area contributed by atoms with Crippen LogP contribution in [0, 0.1) is 11.6 Å². The van der Waals surface area contributed by atoms with E-state index in [1.165, 1.54) is 24.3 Å². The smallest absolute Gasteiger partial charge is 0.322 e. The highest BCUT2D eigenvalue weighted by molar-refractivity contribution is 6.00. The molecule has 0 radical (unpaired) electrons. The minimum atomic E-state index is -4.45. The molecule has 142 valence electrons. The van der Waals surface area contributed by atoms with Gasteiger partial charge in [0.1, 0.15) is 6.04 Å². The minimum Gasteiger partial charge on any atom is -0.322 e. The molecule has 0 spiro atoms. The lowest BCUT2D eigenvalue weighted by Crippen LogP contribution is -2.30. The third-order valence-electron chi connectivity index (χ3n) is 4.40. The standard InChI is InChI=1S/C19H15F5N2O/c1-10-9-13(11-5-7-12(8-6-11)19(22,23)24)17(25-10)18(27)26-15-4-2-3-14(20)16(15)21/h2-8,13,17H,9H2,1H3,(H,26,27). The van der Waals surface area contributed by atoms with Crippen molar-refractivity contribution in [3.8, 4) is 0 Å². The zero-order valence-electron chi connectivity index (χ0n) is 14.1. The summed E-state index contributed by atoms with van der Waals surface area (Å²) in [6.07, 6.45) is -4.07. The molecule has 3 rings (SSSR count). The molecule has 2 aromatic rings. The van der Waals surface area contributed by atoms with E-state index in [0.29, 0.717) is 17.7 Å². The van der Waals surface area contributed by atoms with Gasteiger partial charge in [0.2, 0.25) is 5.91 Å². The molecule has 1 aliphatic heterocycles. The summed E-state index contributed by atoms with van der Waals surface area (Å²) >= 11 is 0. The third kappa shape index (κ3) is 3.99. The highest BCUT2D eigenvalue weighted by Crippen LogP contribution is 2.35. The normalized spacial score (nSPS) is 19.7. The highest BCUT2D eigenvalue weighted by atomic mass is 19.4. The predicted octanol–water partition coefficient (Wildman–Crippen LogP) is 4.94. The van der Waals surface area contributed by atoms with Crippen LogP contribution in [0.5, 0.6) is 0 Å². The quantitative estimate of drug-likeness (QED) is 0.751. The molecule has 0 aliphatic carbocycles. The Kier molecular flexibility index (Phi) is 4.99. The molecule has 1 heterocycles. The van der Waals surface area contributed by atoms with Gasteiger partial charge in [-0.25, -0.2) is 8.78 Å². The Balaban J connectivity index is 1.83. The Labute approximate surface area is 151 Å². The number of amides is 1. The number of nitrogens with zero attached hydrogens (tertiary/aromatic N) is 1. The molecular formula is C19H15F5N2O. The Hall–Kier alpha value is -2.77. The van der Waals surface area contributed by atoms with E-state index in [2.05, 4.69) is 10.3 Å². The number of rotatable bonds is 3. The highest BCUT2D eigenvalue weighted by Gasteiger charge is 2.36. The lowest BCUT2D eigenvalue weighted by Gasteiger charge is -2.19. The van der Waals surface area contributed by atoms with E-state index < -0.39 is 41.2 Å². The lowest BCUT2D eigenvalue weighted by atomic mass is 9.89. The summed E-state index contributed by atoms with van der Waals surface area (Å²) in [5.41, 5.74) is 0.0684. The molecular weight excluding hydrogens is 367 g/mol. The van der Waals surface area contributed by atoms with Crippen molar-refractivity contribution in [3.63, 3.8) is 0 Å². The van der Waals surface area contributed by atoms with Gasteiger partial charge < -0.3 is 5.32 Å². The van der Waals surface area contributed by atoms with Crippen molar-refractivity contribution < 1.29 is 26.7 Å². The van der Waals surface area contributed by atoms with Crippen molar-refractivity contribution in [2.24, 2.45) is 4.99 Å². The minimum absolute atomic E-state index is 0.314. The fourth-order valence-electron chi connectivity index (χ4n) is 3.08. The number of aliphatic imine (C=N–C) groups is 1. The van der Waals surface area contributed by atoms with Gasteiger partial charge in [0.15, 0.2) is 11.6 Å². The summed E-state index contributed by atoms with van der Waals surface area (Å²) < 4.78 is 65.2. The Morgan fingerprint density at radius 3 is 2.41 bits per heavy atom. The van der Waals surface area contributed by atoms with Gasteiger partial charge >= 0.3 is 6.18 Å². The first-order chi connectivity index (χ1) is 12.7. The van der Waals surface area contributed by atoms with Crippen LogP contribution in [0.15, 0.2) is 47.5 Å². The number of benzene rings is 2. The SMILES string of the molecule is CC1=NC(C(=O)Nc2cccc(F)c2F)C(c2ccc(C(F)(F)F)cc2)C1. The molecule has 1 aliphatic rings. The van der Waals surface area contributed by atoms with Crippen LogP contribution >= 0.6 is 0 Å². The summed E-state index contributed by atoms with van der Waals surface area (Å²) in [4.78, 5) is 16.8. The first-order valence-corrected chi connectivity index (χ1v) is 8.12. The molecule has 0 saturated carbocycles. The van der Waals surface area contributed by atoms with E-state index in [-0.39, 0.29) is 5.69 Å². The predicted molar refractivity (Wildman–Crippen MR) is 90.7 cm³/mol. The van der Waals surface area contributed by atoms with Gasteiger partial charge in [-0.3, -0.25) is 9.79 Å². The largest absolute Gasteiger partial charge is 0.416 e. The molecule has 8 heteroatoms. The first kappa shape index (κ1) is 19.0. The van der Waals surface area contributed by atoms with Crippen molar-refractivity contribution in [2.75, 3.05) is 5.32 Å². The summed E-state index contributed by atoms with van der Waals surface area (Å²) in [6.45, 7) is 1.70. The van der Waals surface area contributed by atoms with Gasteiger partial charge in [-0.15, -0.1) is 0 Å². The van der Waals surface area contributed by atoms with Gasteiger partial charge in [0.25, 0.3) is 0 Å². The maximum atomic E-state index is 13.8. The molecule has 3 nitrogen and oxygen atoms in total. The average molecular weight is 382 g/mol. The van der Waals surface area contributed by atoms with E-state index in [1.807, 2.05) is 0 Å². The molecule has 1 N–H and O–H groups in total. The second kappa shape index (κ2) is 7.09. The molecule has 27 heavy (non-hydrogen) atoms. The fourth-order valence-corrected chi connectivity index (χ4v) is 3.08.